The van der Waals surface area contributed by atoms with Gasteiger partial charge in [-0.1, -0.05) is 37.6 Å². The average molecular weight is 284 g/mol. The molecule has 1 unspecified atom stereocenters. The van der Waals surface area contributed by atoms with Gasteiger partial charge in [0.2, 0.25) is 0 Å². The zero-order valence-electron chi connectivity index (χ0n) is 13.2. The molecule has 0 radical (unpaired) electrons. The van der Waals surface area contributed by atoms with Gasteiger partial charge in [-0.15, -0.1) is 0 Å². The van der Waals surface area contributed by atoms with E-state index in [0.29, 0.717) is 0 Å². The van der Waals surface area contributed by atoms with E-state index in [0.717, 1.165) is 24.2 Å². The van der Waals surface area contributed by atoms with Crippen LogP contribution in [0.25, 0.3) is 0 Å². The van der Waals surface area contributed by atoms with Crippen LogP contribution in [-0.4, -0.2) is 11.2 Å². The topological polar surface area (TPSA) is 20.2 Å². The lowest BCUT2D eigenvalue weighted by molar-refractivity contribution is -0.0432. The molecular weight excluding hydrogens is 256 g/mol. The van der Waals surface area contributed by atoms with Crippen molar-refractivity contribution in [3.8, 4) is 0 Å². The highest BCUT2D eigenvalue weighted by atomic mass is 16.3. The van der Waals surface area contributed by atoms with Gasteiger partial charge in [0, 0.05) is 0 Å². The predicted octanol–water partition coefficient (Wildman–Crippen LogP) is 4.68. The number of aryl methyl sites for hydroxylation is 1. The maximum absolute atomic E-state index is 10.7. The van der Waals surface area contributed by atoms with E-state index in [2.05, 4.69) is 31.2 Å². The fourth-order valence-electron chi connectivity index (χ4n) is 6.25. The number of hydrogen-bond acceptors (Lipinski definition) is 1. The second-order valence-electron chi connectivity index (χ2n) is 7.73. The molecule has 1 N–H and O–H groups in total. The van der Waals surface area contributed by atoms with Crippen molar-refractivity contribution in [3.05, 3.63) is 35.4 Å². The summed E-state index contributed by atoms with van der Waals surface area (Å²) in [6.45, 7) is 2.29. The Labute approximate surface area is 128 Å². The molecule has 0 bridgehead atoms. The summed E-state index contributed by atoms with van der Waals surface area (Å²) in [4.78, 5) is 0. The number of aliphatic hydroxyl groups excluding tert-OH is 1. The van der Waals surface area contributed by atoms with Gasteiger partial charge in [0.1, 0.15) is 0 Å². The first-order chi connectivity index (χ1) is 10.3. The Kier molecular flexibility index (Phi) is 3.37. The summed E-state index contributed by atoms with van der Waals surface area (Å²) in [6.07, 6.45) is 9.92. The number of benzene rings is 1. The van der Waals surface area contributed by atoms with Crippen LogP contribution < -0.4 is 0 Å². The third-order valence-corrected chi connectivity index (χ3v) is 7.02. The lowest BCUT2D eigenvalue weighted by atomic mass is 9.53. The summed E-state index contributed by atoms with van der Waals surface area (Å²) < 4.78 is 0. The summed E-state index contributed by atoms with van der Waals surface area (Å²) in [6, 6.07) is 9.13. The van der Waals surface area contributed by atoms with Crippen LogP contribution in [0.15, 0.2) is 24.3 Å². The molecule has 5 atom stereocenters. The van der Waals surface area contributed by atoms with Gasteiger partial charge >= 0.3 is 0 Å². The predicted molar refractivity (Wildman–Crippen MR) is 86.3 cm³/mol. The molecule has 0 heterocycles. The maximum atomic E-state index is 10.7. The molecule has 1 aromatic rings. The zero-order valence-corrected chi connectivity index (χ0v) is 13.2. The molecule has 3 aliphatic carbocycles. The van der Waals surface area contributed by atoms with Gasteiger partial charge < -0.3 is 5.11 Å². The molecule has 21 heavy (non-hydrogen) atoms. The fourth-order valence-corrected chi connectivity index (χ4v) is 6.25. The van der Waals surface area contributed by atoms with Crippen molar-refractivity contribution in [1.82, 2.24) is 0 Å². The van der Waals surface area contributed by atoms with Gasteiger partial charge in [0.25, 0.3) is 0 Å². The van der Waals surface area contributed by atoms with Crippen LogP contribution in [0.4, 0.5) is 0 Å². The van der Waals surface area contributed by atoms with Gasteiger partial charge in [0.05, 0.1) is 6.10 Å². The quantitative estimate of drug-likeness (QED) is 0.835. The SMILES string of the molecule is CCCC12CC[C@@H]3c4ccccc4CC[C@H]3[C@@H]1CC[C@@H]2O. The summed E-state index contributed by atoms with van der Waals surface area (Å²) in [7, 11) is 0. The molecule has 0 spiro atoms. The average Bonchev–Trinajstić information content (AvgIpc) is 2.85. The van der Waals surface area contributed by atoms with Crippen molar-refractivity contribution in [2.24, 2.45) is 17.3 Å². The molecule has 1 nitrogen and oxygen atoms in total. The minimum Gasteiger partial charge on any atom is -0.393 e. The molecule has 0 saturated heterocycles. The van der Waals surface area contributed by atoms with E-state index in [9.17, 15) is 5.11 Å². The molecule has 0 aliphatic heterocycles. The van der Waals surface area contributed by atoms with Crippen LogP contribution in [0.5, 0.6) is 0 Å². The van der Waals surface area contributed by atoms with E-state index < -0.39 is 0 Å². The third-order valence-electron chi connectivity index (χ3n) is 7.02. The summed E-state index contributed by atoms with van der Waals surface area (Å²) in [5, 5.41) is 10.7. The Morgan fingerprint density at radius 2 is 2.00 bits per heavy atom. The molecule has 0 amide bonds. The van der Waals surface area contributed by atoms with E-state index in [1.807, 2.05) is 0 Å². The molecule has 4 rings (SSSR count). The van der Waals surface area contributed by atoms with Crippen LogP contribution in [0.2, 0.25) is 0 Å². The first-order valence-corrected chi connectivity index (χ1v) is 9.02. The Bertz CT molecular complexity index is 522. The first kappa shape index (κ1) is 13.8. The normalized spacial score (nSPS) is 41.2. The van der Waals surface area contributed by atoms with Crippen molar-refractivity contribution >= 4 is 0 Å². The van der Waals surface area contributed by atoms with E-state index in [1.54, 1.807) is 11.1 Å². The fraction of sp³-hybridized carbons (Fsp3) is 0.700. The lowest BCUT2D eigenvalue weighted by Crippen LogP contribution is -2.45. The standard InChI is InChI=1S/C20H28O/c1-2-12-20-13-11-16-15-6-4-3-5-14(15)7-8-17(16)18(20)9-10-19(20)21/h3-6,16-19,21H,2,7-13H2,1H3/t16-,17-,18+,19+,20?/m1/s1. The smallest absolute Gasteiger partial charge is 0.0599 e. The summed E-state index contributed by atoms with van der Waals surface area (Å²) in [5.41, 5.74) is 3.50. The highest BCUT2D eigenvalue weighted by molar-refractivity contribution is 5.35. The Hall–Kier alpha value is -0.820. The van der Waals surface area contributed by atoms with Crippen molar-refractivity contribution in [2.75, 3.05) is 0 Å². The molecule has 0 aromatic heterocycles. The Morgan fingerprint density at radius 1 is 1.14 bits per heavy atom. The molecule has 2 saturated carbocycles. The number of fused-ring (bicyclic) bond motifs is 5. The van der Waals surface area contributed by atoms with Crippen molar-refractivity contribution in [2.45, 2.75) is 70.3 Å². The first-order valence-electron chi connectivity index (χ1n) is 9.02. The highest BCUT2D eigenvalue weighted by Crippen LogP contribution is 2.62. The molecular formula is C20H28O. The second-order valence-corrected chi connectivity index (χ2v) is 7.73. The Balaban J connectivity index is 1.69. The molecule has 114 valence electrons. The maximum Gasteiger partial charge on any atom is 0.0599 e. The van der Waals surface area contributed by atoms with Crippen LogP contribution in [0.3, 0.4) is 0 Å². The molecule has 3 aliphatic rings. The minimum atomic E-state index is -0.0272. The monoisotopic (exact) mass is 284 g/mol. The van der Waals surface area contributed by atoms with Gasteiger partial charge in [0.15, 0.2) is 0 Å². The number of aliphatic hydroxyl groups is 1. The van der Waals surface area contributed by atoms with E-state index in [1.165, 1.54) is 44.9 Å². The summed E-state index contributed by atoms with van der Waals surface area (Å²) in [5.74, 6) is 2.38. The molecule has 2 fully saturated rings. The van der Waals surface area contributed by atoms with Crippen LogP contribution in [-0.2, 0) is 6.42 Å². The van der Waals surface area contributed by atoms with Gasteiger partial charge in [-0.05, 0) is 79.2 Å². The van der Waals surface area contributed by atoms with Gasteiger partial charge in [-0.3, -0.25) is 0 Å². The van der Waals surface area contributed by atoms with Gasteiger partial charge in [-0.2, -0.15) is 0 Å². The van der Waals surface area contributed by atoms with E-state index in [-0.39, 0.29) is 11.5 Å². The number of rotatable bonds is 2. The molecule has 1 aromatic carbocycles. The number of hydrogen-bond donors (Lipinski definition) is 1. The van der Waals surface area contributed by atoms with Crippen LogP contribution in [0.1, 0.15) is 68.9 Å². The van der Waals surface area contributed by atoms with Crippen molar-refractivity contribution < 1.29 is 5.11 Å². The largest absolute Gasteiger partial charge is 0.393 e. The third kappa shape index (κ3) is 1.93. The Morgan fingerprint density at radius 3 is 2.86 bits per heavy atom. The van der Waals surface area contributed by atoms with E-state index >= 15 is 0 Å². The van der Waals surface area contributed by atoms with Crippen LogP contribution >= 0.6 is 0 Å². The highest BCUT2D eigenvalue weighted by Gasteiger charge is 2.56. The summed E-state index contributed by atoms with van der Waals surface area (Å²) >= 11 is 0. The lowest BCUT2D eigenvalue weighted by Gasteiger charge is -2.51. The minimum absolute atomic E-state index is 0.0272. The van der Waals surface area contributed by atoms with Crippen molar-refractivity contribution in [3.63, 3.8) is 0 Å². The van der Waals surface area contributed by atoms with E-state index in [4.69, 9.17) is 0 Å². The second kappa shape index (κ2) is 5.12. The van der Waals surface area contributed by atoms with Gasteiger partial charge in [-0.25, -0.2) is 0 Å². The van der Waals surface area contributed by atoms with Crippen LogP contribution in [0, 0.1) is 17.3 Å². The molecule has 1 heteroatoms. The van der Waals surface area contributed by atoms with Crippen molar-refractivity contribution in [1.29, 1.82) is 0 Å². The zero-order chi connectivity index (χ0) is 14.4.